The molecule has 2 fully saturated rings. The average Bonchev–Trinajstić information content (AvgIpc) is 2.60. The number of esters is 1. The normalized spacial score (nSPS) is 24.2. The average molecular weight is 395 g/mol. The van der Waals surface area contributed by atoms with Crippen LogP contribution >= 0.6 is 11.6 Å². The lowest BCUT2D eigenvalue weighted by Crippen LogP contribution is -2.40. The number of amides is 1. The quantitative estimate of drug-likeness (QED) is 0.466. The van der Waals surface area contributed by atoms with Gasteiger partial charge in [0, 0.05) is 22.9 Å². The first kappa shape index (κ1) is 19.3. The number of ether oxygens (including phenoxy) is 1. The Balaban J connectivity index is 1.54. The van der Waals surface area contributed by atoms with Crippen LogP contribution in [0.1, 0.15) is 32.1 Å². The van der Waals surface area contributed by atoms with Crippen molar-refractivity contribution < 1.29 is 24.0 Å². The van der Waals surface area contributed by atoms with Crippen LogP contribution in [0.5, 0.6) is 0 Å². The zero-order valence-corrected chi connectivity index (χ0v) is 15.2. The number of fused-ring (bicyclic) bond motifs is 2. The molecule has 0 aromatic heterocycles. The molecule has 0 heterocycles. The molecule has 1 aromatic rings. The van der Waals surface area contributed by atoms with E-state index >= 15 is 0 Å². The molecule has 1 amide bonds. The monoisotopic (exact) mass is 394 g/mol. The number of nitro benzene ring substituents is 1. The summed E-state index contributed by atoms with van der Waals surface area (Å²) in [6.45, 7) is -0.543. The van der Waals surface area contributed by atoms with Crippen molar-refractivity contribution >= 4 is 40.6 Å². The van der Waals surface area contributed by atoms with Crippen LogP contribution in [0.15, 0.2) is 18.2 Å². The fourth-order valence-electron chi connectivity index (χ4n) is 3.87. The van der Waals surface area contributed by atoms with Gasteiger partial charge in [-0.05, 0) is 37.8 Å². The summed E-state index contributed by atoms with van der Waals surface area (Å²) >= 11 is 5.73. The molecule has 2 aliphatic carbocycles. The second kappa shape index (κ2) is 8.04. The summed E-state index contributed by atoms with van der Waals surface area (Å²) in [4.78, 5) is 46.7. The Morgan fingerprint density at radius 3 is 2.56 bits per heavy atom. The van der Waals surface area contributed by atoms with Crippen LogP contribution in [-0.2, 0) is 19.1 Å². The predicted molar refractivity (Wildman–Crippen MR) is 96.3 cm³/mol. The van der Waals surface area contributed by atoms with Gasteiger partial charge < -0.3 is 10.1 Å². The van der Waals surface area contributed by atoms with Gasteiger partial charge in [-0.2, -0.15) is 0 Å². The summed E-state index contributed by atoms with van der Waals surface area (Å²) in [6, 6.07) is 3.85. The van der Waals surface area contributed by atoms with Crippen molar-refractivity contribution in [3.63, 3.8) is 0 Å². The number of hydrogen-bond donors (Lipinski definition) is 1. The zero-order chi connectivity index (χ0) is 19.6. The molecule has 2 saturated carbocycles. The van der Waals surface area contributed by atoms with Gasteiger partial charge in [0.25, 0.3) is 11.6 Å². The Hall–Kier alpha value is -2.48. The molecule has 8 nitrogen and oxygen atoms in total. The Kier molecular flexibility index (Phi) is 5.74. The molecule has 0 aliphatic heterocycles. The summed E-state index contributed by atoms with van der Waals surface area (Å²) in [5.74, 6) is -1.48. The first-order chi connectivity index (χ1) is 12.8. The van der Waals surface area contributed by atoms with Crippen LogP contribution in [0.4, 0.5) is 11.4 Å². The second-order valence-corrected chi connectivity index (χ2v) is 7.41. The smallest absolute Gasteiger partial charge is 0.309 e. The molecule has 9 heteroatoms. The summed E-state index contributed by atoms with van der Waals surface area (Å²) in [5.41, 5.74) is -0.371. The number of nitro groups is 1. The maximum Gasteiger partial charge on any atom is 0.309 e. The van der Waals surface area contributed by atoms with Crippen molar-refractivity contribution in [3.05, 3.63) is 33.3 Å². The minimum absolute atomic E-state index is 0.0248. The Bertz CT molecular complexity index is 780. The molecule has 144 valence electrons. The molecule has 2 atom stereocenters. The first-order valence-electron chi connectivity index (χ1n) is 8.79. The number of carbonyl (C=O) groups excluding carboxylic acids is 3. The summed E-state index contributed by atoms with van der Waals surface area (Å²) in [5, 5.41) is 13.6. The van der Waals surface area contributed by atoms with Crippen molar-refractivity contribution in [2.24, 2.45) is 17.8 Å². The maximum absolute atomic E-state index is 12.3. The van der Waals surface area contributed by atoms with Crippen LogP contribution in [0, 0.1) is 27.9 Å². The van der Waals surface area contributed by atoms with Crippen LogP contribution in [-0.4, -0.2) is 29.2 Å². The van der Waals surface area contributed by atoms with Crippen LogP contribution < -0.4 is 5.32 Å². The lowest BCUT2D eigenvalue weighted by Gasteiger charge is -2.36. The number of halogens is 1. The van der Waals surface area contributed by atoms with Gasteiger partial charge in [0.15, 0.2) is 6.61 Å². The van der Waals surface area contributed by atoms with Crippen molar-refractivity contribution in [1.82, 2.24) is 0 Å². The molecular formula is C18H19ClN2O6. The molecule has 1 N–H and O–H groups in total. The van der Waals surface area contributed by atoms with E-state index in [0.717, 1.165) is 25.3 Å². The Morgan fingerprint density at radius 2 is 1.93 bits per heavy atom. The summed E-state index contributed by atoms with van der Waals surface area (Å²) in [7, 11) is 0. The highest BCUT2D eigenvalue weighted by molar-refractivity contribution is 6.31. The lowest BCUT2D eigenvalue weighted by atomic mass is 9.67. The highest BCUT2D eigenvalue weighted by atomic mass is 35.5. The molecular weight excluding hydrogens is 376 g/mol. The van der Waals surface area contributed by atoms with E-state index < -0.39 is 23.4 Å². The number of benzene rings is 1. The fraction of sp³-hybridized carbons (Fsp3) is 0.500. The van der Waals surface area contributed by atoms with Crippen molar-refractivity contribution in [1.29, 1.82) is 0 Å². The predicted octanol–water partition coefficient (Wildman–Crippen LogP) is 3.13. The third-order valence-electron chi connectivity index (χ3n) is 5.16. The zero-order valence-electron chi connectivity index (χ0n) is 14.5. The Labute approximate surface area is 160 Å². The van der Waals surface area contributed by atoms with Crippen molar-refractivity contribution in [3.8, 4) is 0 Å². The number of carbonyl (C=O) groups is 3. The highest BCUT2D eigenvalue weighted by Crippen LogP contribution is 2.40. The van der Waals surface area contributed by atoms with Gasteiger partial charge in [-0.3, -0.25) is 24.5 Å². The van der Waals surface area contributed by atoms with Crippen LogP contribution in [0.25, 0.3) is 0 Å². The van der Waals surface area contributed by atoms with Gasteiger partial charge in [0.1, 0.15) is 11.5 Å². The van der Waals surface area contributed by atoms with Gasteiger partial charge >= 0.3 is 5.97 Å². The van der Waals surface area contributed by atoms with Crippen LogP contribution in [0.2, 0.25) is 5.02 Å². The molecule has 2 bridgehead atoms. The molecule has 0 saturated heterocycles. The van der Waals surface area contributed by atoms with Crippen LogP contribution in [0.3, 0.4) is 0 Å². The maximum atomic E-state index is 12.3. The number of ketones is 1. The minimum atomic E-state index is -0.680. The van der Waals surface area contributed by atoms with E-state index in [1.54, 1.807) is 0 Å². The largest absolute Gasteiger partial charge is 0.455 e. The minimum Gasteiger partial charge on any atom is -0.455 e. The summed E-state index contributed by atoms with van der Waals surface area (Å²) < 4.78 is 5.08. The topological polar surface area (TPSA) is 116 Å². The van der Waals surface area contributed by atoms with E-state index in [2.05, 4.69) is 5.32 Å². The molecule has 0 unspecified atom stereocenters. The number of hydrogen-bond acceptors (Lipinski definition) is 6. The second-order valence-electron chi connectivity index (χ2n) is 6.97. The number of anilines is 1. The van der Waals surface area contributed by atoms with Crippen molar-refractivity contribution in [2.45, 2.75) is 32.1 Å². The van der Waals surface area contributed by atoms with Crippen molar-refractivity contribution in [2.75, 3.05) is 11.9 Å². The lowest BCUT2D eigenvalue weighted by molar-refractivity contribution is -0.383. The first-order valence-corrected chi connectivity index (χ1v) is 9.17. The molecule has 3 rings (SSSR count). The molecule has 27 heavy (non-hydrogen) atoms. The standard InChI is InChI=1S/C18H19ClN2O6/c19-13-4-5-14(15(8-13)21(25)26)20-16(22)9-27-18(24)12-6-10-2-1-3-11(7-12)17(10)23/h4-5,8,10-12H,1-3,6-7,9H2,(H,20,22)/t10-,11-/m1/s1. The van der Waals surface area contributed by atoms with Gasteiger partial charge in [-0.1, -0.05) is 18.0 Å². The van der Waals surface area contributed by atoms with E-state index in [9.17, 15) is 24.5 Å². The summed E-state index contributed by atoms with van der Waals surface area (Å²) in [6.07, 6.45) is 3.56. The van der Waals surface area contributed by atoms with E-state index in [1.807, 2.05) is 0 Å². The molecule has 1 aromatic carbocycles. The number of rotatable bonds is 5. The third kappa shape index (κ3) is 4.44. The molecule has 0 radical (unpaired) electrons. The number of Topliss-reactive ketones (excluding diaryl/α,β-unsaturated/α-hetero) is 1. The highest BCUT2D eigenvalue weighted by Gasteiger charge is 2.41. The van der Waals surface area contributed by atoms with E-state index in [-0.39, 0.29) is 39.9 Å². The molecule has 0 spiro atoms. The van der Waals surface area contributed by atoms with Gasteiger partial charge in [-0.15, -0.1) is 0 Å². The van der Waals surface area contributed by atoms with Gasteiger partial charge in [0.2, 0.25) is 0 Å². The fourth-order valence-corrected chi connectivity index (χ4v) is 4.04. The number of nitrogens with one attached hydrogen (secondary N) is 1. The van der Waals surface area contributed by atoms with E-state index in [4.69, 9.17) is 16.3 Å². The SMILES string of the molecule is O=C(COC(=O)C1C[C@H]2CCC[C@H](C1)C2=O)Nc1ccc(Cl)cc1[N+](=O)[O-]. The number of nitrogens with zero attached hydrogens (tertiary/aromatic N) is 1. The van der Waals surface area contributed by atoms with Gasteiger partial charge in [0.05, 0.1) is 10.8 Å². The molecule has 2 aliphatic rings. The van der Waals surface area contributed by atoms with E-state index in [0.29, 0.717) is 12.8 Å². The van der Waals surface area contributed by atoms with Gasteiger partial charge in [-0.25, -0.2) is 0 Å². The third-order valence-corrected chi connectivity index (χ3v) is 5.39. The Morgan fingerprint density at radius 1 is 1.26 bits per heavy atom. The van der Waals surface area contributed by atoms with E-state index in [1.165, 1.54) is 12.1 Å².